The molecule has 1 unspecified atom stereocenters. The van der Waals surface area contributed by atoms with Crippen molar-refractivity contribution >= 4 is 37.6 Å². The molecule has 0 saturated heterocycles. The van der Waals surface area contributed by atoms with E-state index in [1.54, 1.807) is 0 Å². The van der Waals surface area contributed by atoms with Crippen LogP contribution < -0.4 is 29.6 Å². The van der Waals surface area contributed by atoms with Crippen molar-refractivity contribution < 1.29 is 47.6 Å². The summed E-state index contributed by atoms with van der Waals surface area (Å²) in [6.07, 6.45) is 0. The summed E-state index contributed by atoms with van der Waals surface area (Å²) in [5.41, 5.74) is -2.24. The number of rotatable bonds is 2. The normalized spacial score (nSPS) is 13.1. The molecular weight excluding hydrogens is 318 g/mol. The zero-order chi connectivity index (χ0) is 10.9. The Morgan fingerprint density at radius 1 is 1.47 bits per heavy atom. The van der Waals surface area contributed by atoms with Crippen LogP contribution in [0.4, 0.5) is 0 Å². The van der Waals surface area contributed by atoms with Gasteiger partial charge in [-0.05, 0) is 12.1 Å². The van der Waals surface area contributed by atoms with Gasteiger partial charge in [-0.25, -0.2) is 8.42 Å². The van der Waals surface area contributed by atoms with E-state index in [1.807, 2.05) is 0 Å². The SMILES string of the molecule is O=S(=O)([O-])C(O)c1ccc(Br)cc1Cl.[Na+]. The fraction of sp³-hybridized carbons (Fsp3) is 0.143. The van der Waals surface area contributed by atoms with Crippen LogP contribution in [-0.2, 0) is 10.1 Å². The van der Waals surface area contributed by atoms with Gasteiger partial charge in [0.1, 0.15) is 10.1 Å². The van der Waals surface area contributed by atoms with Gasteiger partial charge in [-0.1, -0.05) is 33.6 Å². The van der Waals surface area contributed by atoms with Gasteiger partial charge in [0.05, 0.1) is 0 Å². The molecule has 0 aliphatic heterocycles. The minimum absolute atomic E-state index is 0. The Bertz CT molecular complexity index is 450. The second kappa shape index (κ2) is 5.97. The van der Waals surface area contributed by atoms with Crippen LogP contribution in [0.15, 0.2) is 22.7 Å². The first-order valence-corrected chi connectivity index (χ1v) is 6.04. The molecule has 4 nitrogen and oxygen atoms in total. The van der Waals surface area contributed by atoms with Crippen LogP contribution in [0.1, 0.15) is 11.0 Å². The number of hydrogen-bond donors (Lipinski definition) is 1. The molecular formula is C7H5BrClNaO4S. The van der Waals surface area contributed by atoms with Crippen LogP contribution in [0.5, 0.6) is 0 Å². The first-order chi connectivity index (χ1) is 6.32. The number of benzene rings is 1. The second-order valence-corrected chi connectivity index (χ2v) is 5.27. The Kier molecular flexibility index (Phi) is 6.32. The van der Waals surface area contributed by atoms with E-state index in [4.69, 9.17) is 16.7 Å². The van der Waals surface area contributed by atoms with Crippen LogP contribution in [0.2, 0.25) is 5.02 Å². The molecule has 15 heavy (non-hydrogen) atoms. The summed E-state index contributed by atoms with van der Waals surface area (Å²) in [5.74, 6) is 0. The van der Waals surface area contributed by atoms with Crippen molar-refractivity contribution in [1.82, 2.24) is 0 Å². The maximum Gasteiger partial charge on any atom is 1.00 e. The molecule has 78 valence electrons. The average molecular weight is 324 g/mol. The van der Waals surface area contributed by atoms with E-state index >= 15 is 0 Å². The number of halogens is 2. The molecule has 1 rings (SSSR count). The van der Waals surface area contributed by atoms with Crippen molar-refractivity contribution in [3.63, 3.8) is 0 Å². The Morgan fingerprint density at radius 2 is 2.00 bits per heavy atom. The van der Waals surface area contributed by atoms with E-state index in [9.17, 15) is 13.0 Å². The van der Waals surface area contributed by atoms with Crippen molar-refractivity contribution in [1.29, 1.82) is 0 Å². The van der Waals surface area contributed by atoms with Gasteiger partial charge >= 0.3 is 29.6 Å². The van der Waals surface area contributed by atoms with Crippen molar-refractivity contribution in [3.05, 3.63) is 33.3 Å². The Morgan fingerprint density at radius 3 is 2.40 bits per heavy atom. The molecule has 0 radical (unpaired) electrons. The molecule has 0 aliphatic rings. The first kappa shape index (κ1) is 15.9. The fourth-order valence-corrected chi connectivity index (χ4v) is 2.22. The van der Waals surface area contributed by atoms with E-state index in [0.717, 1.165) is 0 Å². The number of aliphatic hydroxyl groups excluding tert-OH is 1. The zero-order valence-electron chi connectivity index (χ0n) is 7.65. The first-order valence-electron chi connectivity index (χ1n) is 3.40. The Hall–Kier alpha value is 0.860. The van der Waals surface area contributed by atoms with Gasteiger partial charge in [-0.15, -0.1) is 0 Å². The molecule has 0 amide bonds. The Labute approximate surface area is 123 Å². The third-order valence-corrected chi connectivity index (χ3v) is 3.12. The predicted molar refractivity (Wildman–Crippen MR) is 53.8 cm³/mol. The molecule has 0 heterocycles. The smallest absolute Gasteiger partial charge is 0.746 e. The minimum Gasteiger partial charge on any atom is -0.746 e. The standard InChI is InChI=1S/C7H6BrClO4S.Na/c8-4-1-2-5(6(9)3-4)7(10)14(11,12)13;/h1-3,7,10H,(H,11,12,13);/q;+1/p-1. The van der Waals surface area contributed by atoms with Crippen LogP contribution in [-0.4, -0.2) is 18.1 Å². The average Bonchev–Trinajstić information content (AvgIpc) is 2.01. The maximum atomic E-state index is 10.5. The number of hydrogen-bond acceptors (Lipinski definition) is 4. The largest absolute Gasteiger partial charge is 1.00 e. The molecule has 0 spiro atoms. The summed E-state index contributed by atoms with van der Waals surface area (Å²) >= 11 is 8.74. The molecule has 0 saturated carbocycles. The predicted octanol–water partition coefficient (Wildman–Crippen LogP) is -1.36. The topological polar surface area (TPSA) is 77.4 Å². The van der Waals surface area contributed by atoms with Crippen LogP contribution in [0, 0.1) is 0 Å². The van der Waals surface area contributed by atoms with E-state index in [1.165, 1.54) is 18.2 Å². The van der Waals surface area contributed by atoms with E-state index in [0.29, 0.717) is 4.47 Å². The van der Waals surface area contributed by atoms with E-state index in [-0.39, 0.29) is 40.1 Å². The summed E-state index contributed by atoms with van der Waals surface area (Å²) in [4.78, 5) is 0. The summed E-state index contributed by atoms with van der Waals surface area (Å²) in [6, 6.07) is 4.15. The van der Waals surface area contributed by atoms with Gasteiger partial charge in [0.2, 0.25) is 0 Å². The molecule has 0 aliphatic carbocycles. The third kappa shape index (κ3) is 4.32. The quantitative estimate of drug-likeness (QED) is 0.539. The van der Waals surface area contributed by atoms with Crippen molar-refractivity contribution in [3.8, 4) is 0 Å². The van der Waals surface area contributed by atoms with Crippen LogP contribution in [0.3, 0.4) is 0 Å². The molecule has 0 fully saturated rings. The fourth-order valence-electron chi connectivity index (χ4n) is 0.857. The molecule has 1 N–H and O–H groups in total. The summed E-state index contributed by atoms with van der Waals surface area (Å²) < 4.78 is 32.1. The Balaban J connectivity index is 0.00000196. The van der Waals surface area contributed by atoms with Crippen molar-refractivity contribution in [2.45, 2.75) is 5.44 Å². The summed E-state index contributed by atoms with van der Waals surface area (Å²) in [5, 5.41) is 9.15. The van der Waals surface area contributed by atoms with Gasteiger partial charge in [0.25, 0.3) is 0 Å². The minimum atomic E-state index is -4.79. The third-order valence-electron chi connectivity index (χ3n) is 1.50. The summed E-state index contributed by atoms with van der Waals surface area (Å²) in [7, 11) is -4.79. The molecule has 1 aromatic carbocycles. The molecule has 0 bridgehead atoms. The van der Waals surface area contributed by atoms with Gasteiger partial charge in [-0.3, -0.25) is 0 Å². The number of aliphatic hydroxyl groups is 1. The van der Waals surface area contributed by atoms with E-state index in [2.05, 4.69) is 15.9 Å². The monoisotopic (exact) mass is 322 g/mol. The van der Waals surface area contributed by atoms with Gasteiger partial charge in [0.15, 0.2) is 5.44 Å². The van der Waals surface area contributed by atoms with Crippen molar-refractivity contribution in [2.24, 2.45) is 0 Å². The zero-order valence-corrected chi connectivity index (χ0v) is 12.8. The molecule has 0 aromatic heterocycles. The molecule has 1 aromatic rings. The molecule has 8 heteroatoms. The maximum absolute atomic E-state index is 10.5. The van der Waals surface area contributed by atoms with Gasteiger partial charge in [-0.2, -0.15) is 0 Å². The van der Waals surface area contributed by atoms with Crippen LogP contribution in [0.25, 0.3) is 0 Å². The summed E-state index contributed by atoms with van der Waals surface area (Å²) in [6.45, 7) is 0. The second-order valence-electron chi connectivity index (χ2n) is 2.51. The van der Waals surface area contributed by atoms with Crippen LogP contribution >= 0.6 is 27.5 Å². The van der Waals surface area contributed by atoms with Gasteiger partial charge in [0, 0.05) is 15.1 Å². The van der Waals surface area contributed by atoms with Gasteiger partial charge < -0.3 is 9.66 Å². The van der Waals surface area contributed by atoms with Crippen molar-refractivity contribution in [2.75, 3.05) is 0 Å². The van der Waals surface area contributed by atoms with E-state index < -0.39 is 15.6 Å². The molecule has 1 atom stereocenters.